The van der Waals surface area contributed by atoms with Crippen LogP contribution in [0.25, 0.3) is 5.57 Å². The van der Waals surface area contributed by atoms with E-state index in [0.717, 1.165) is 4.43 Å². The van der Waals surface area contributed by atoms with E-state index in [2.05, 4.69) is 73.4 Å². The Labute approximate surface area is 119 Å². The molecule has 1 unspecified atom stereocenters. The van der Waals surface area contributed by atoms with Crippen molar-refractivity contribution in [3.8, 4) is 0 Å². The van der Waals surface area contributed by atoms with Crippen molar-refractivity contribution in [2.75, 3.05) is 4.43 Å². The molecular weight excluding hydrogens is 319 g/mol. The van der Waals surface area contributed by atoms with Crippen molar-refractivity contribution in [3.05, 3.63) is 54.1 Å². The maximum atomic E-state index is 3.84. The van der Waals surface area contributed by atoms with Crippen molar-refractivity contribution in [1.82, 2.24) is 0 Å². The predicted molar refractivity (Wildman–Crippen MR) is 86.8 cm³/mol. The third kappa shape index (κ3) is 3.21. The van der Waals surface area contributed by atoms with Gasteiger partial charge in [0.05, 0.1) is 0 Å². The van der Waals surface area contributed by atoms with Crippen LogP contribution < -0.4 is 0 Å². The van der Waals surface area contributed by atoms with Crippen molar-refractivity contribution in [2.45, 2.75) is 32.6 Å². The molecule has 0 aliphatic carbocycles. The SMILES string of the molecule is C=C/C(=C\C)c1ccc(C(C)(CC)CI)cc1. The van der Waals surface area contributed by atoms with E-state index in [9.17, 15) is 0 Å². The van der Waals surface area contributed by atoms with Crippen molar-refractivity contribution in [3.63, 3.8) is 0 Å². The molecule has 0 N–H and O–H groups in total. The van der Waals surface area contributed by atoms with Crippen LogP contribution in [0.4, 0.5) is 0 Å². The van der Waals surface area contributed by atoms with Gasteiger partial charge in [-0.3, -0.25) is 0 Å². The van der Waals surface area contributed by atoms with Gasteiger partial charge in [-0.05, 0) is 30.0 Å². The van der Waals surface area contributed by atoms with Crippen molar-refractivity contribution >= 4 is 28.2 Å². The van der Waals surface area contributed by atoms with E-state index in [1.807, 2.05) is 13.0 Å². The molecule has 0 aromatic heterocycles. The summed E-state index contributed by atoms with van der Waals surface area (Å²) in [6.45, 7) is 10.5. The average Bonchev–Trinajstić information content (AvgIpc) is 2.40. The fourth-order valence-electron chi connectivity index (χ4n) is 1.84. The monoisotopic (exact) mass is 340 g/mol. The Hall–Kier alpha value is -0.570. The minimum Gasteiger partial charge on any atom is -0.0985 e. The Morgan fingerprint density at radius 2 is 1.94 bits per heavy atom. The van der Waals surface area contributed by atoms with Gasteiger partial charge in [-0.1, -0.05) is 79.4 Å². The first-order valence-electron chi connectivity index (χ1n) is 6.07. The highest BCUT2D eigenvalue weighted by Gasteiger charge is 2.22. The molecular formula is C16H21I. The zero-order valence-corrected chi connectivity index (χ0v) is 13.1. The lowest BCUT2D eigenvalue weighted by Gasteiger charge is -2.26. The number of rotatable bonds is 5. The largest absolute Gasteiger partial charge is 0.0985 e. The normalized spacial score (nSPS) is 15.4. The summed E-state index contributed by atoms with van der Waals surface area (Å²) < 4.78 is 1.15. The van der Waals surface area contributed by atoms with Gasteiger partial charge in [0.1, 0.15) is 0 Å². The summed E-state index contributed by atoms with van der Waals surface area (Å²) >= 11 is 2.48. The lowest BCUT2D eigenvalue weighted by atomic mass is 9.82. The minimum atomic E-state index is 0.295. The molecule has 0 fully saturated rings. The first-order valence-corrected chi connectivity index (χ1v) is 7.59. The average molecular weight is 340 g/mol. The number of halogens is 1. The molecule has 1 atom stereocenters. The molecule has 0 heterocycles. The Kier molecular flexibility index (Phi) is 5.44. The van der Waals surface area contributed by atoms with Crippen molar-refractivity contribution in [1.29, 1.82) is 0 Å². The van der Waals surface area contributed by atoms with Crippen LogP contribution in [0.5, 0.6) is 0 Å². The number of benzene rings is 1. The predicted octanol–water partition coefficient (Wildman–Crippen LogP) is 5.38. The Bertz CT molecular complexity index is 394. The number of allylic oxidation sites excluding steroid dienone is 3. The van der Waals surface area contributed by atoms with Gasteiger partial charge in [0, 0.05) is 9.84 Å². The summed E-state index contributed by atoms with van der Waals surface area (Å²) in [6.07, 6.45) is 5.18. The van der Waals surface area contributed by atoms with Crippen LogP contribution in [0.1, 0.15) is 38.3 Å². The molecule has 0 bridgehead atoms. The van der Waals surface area contributed by atoms with Gasteiger partial charge in [-0.15, -0.1) is 0 Å². The van der Waals surface area contributed by atoms with E-state index in [-0.39, 0.29) is 0 Å². The molecule has 0 saturated carbocycles. The second-order valence-electron chi connectivity index (χ2n) is 4.57. The van der Waals surface area contributed by atoms with Crippen molar-refractivity contribution in [2.24, 2.45) is 0 Å². The number of hydrogen-bond donors (Lipinski definition) is 0. The van der Waals surface area contributed by atoms with Gasteiger partial charge >= 0.3 is 0 Å². The molecule has 0 nitrogen and oxygen atoms in total. The van der Waals surface area contributed by atoms with E-state index in [0.29, 0.717) is 5.41 Å². The van der Waals surface area contributed by atoms with Crippen LogP contribution in [0.15, 0.2) is 43.0 Å². The zero-order chi connectivity index (χ0) is 12.9. The van der Waals surface area contributed by atoms with Gasteiger partial charge in [-0.25, -0.2) is 0 Å². The Morgan fingerprint density at radius 1 is 1.35 bits per heavy atom. The van der Waals surface area contributed by atoms with Gasteiger partial charge in [0.2, 0.25) is 0 Å². The number of hydrogen-bond acceptors (Lipinski definition) is 0. The minimum absolute atomic E-state index is 0.295. The molecule has 0 saturated heterocycles. The third-order valence-corrected chi connectivity index (χ3v) is 5.20. The smallest absolute Gasteiger partial charge is 0.00898 e. The zero-order valence-electron chi connectivity index (χ0n) is 11.0. The molecule has 17 heavy (non-hydrogen) atoms. The summed E-state index contributed by atoms with van der Waals surface area (Å²) in [4.78, 5) is 0. The molecule has 1 aromatic carbocycles. The van der Waals surface area contributed by atoms with Crippen LogP contribution in [-0.2, 0) is 5.41 Å². The van der Waals surface area contributed by atoms with Crippen LogP contribution in [0.3, 0.4) is 0 Å². The van der Waals surface area contributed by atoms with Gasteiger partial charge in [0.25, 0.3) is 0 Å². The van der Waals surface area contributed by atoms with Gasteiger partial charge < -0.3 is 0 Å². The molecule has 0 aliphatic heterocycles. The highest BCUT2D eigenvalue weighted by Crippen LogP contribution is 2.30. The summed E-state index contributed by atoms with van der Waals surface area (Å²) in [6, 6.07) is 8.91. The van der Waals surface area contributed by atoms with Crippen LogP contribution >= 0.6 is 22.6 Å². The third-order valence-electron chi connectivity index (χ3n) is 3.52. The van der Waals surface area contributed by atoms with Crippen LogP contribution in [0, 0.1) is 0 Å². The molecule has 0 spiro atoms. The van der Waals surface area contributed by atoms with E-state index in [1.54, 1.807) is 0 Å². The quantitative estimate of drug-likeness (QED) is 0.384. The Morgan fingerprint density at radius 3 is 2.29 bits per heavy atom. The second-order valence-corrected chi connectivity index (χ2v) is 5.34. The highest BCUT2D eigenvalue weighted by atomic mass is 127. The maximum Gasteiger partial charge on any atom is 0.00898 e. The van der Waals surface area contributed by atoms with Gasteiger partial charge in [0.15, 0.2) is 0 Å². The first-order chi connectivity index (χ1) is 8.11. The summed E-state index contributed by atoms with van der Waals surface area (Å²) in [5, 5.41) is 0. The van der Waals surface area contributed by atoms with Crippen LogP contribution in [-0.4, -0.2) is 4.43 Å². The highest BCUT2D eigenvalue weighted by molar-refractivity contribution is 14.1. The fourth-order valence-corrected chi connectivity index (χ4v) is 2.82. The molecule has 1 heteroatoms. The maximum absolute atomic E-state index is 3.84. The summed E-state index contributed by atoms with van der Waals surface area (Å²) in [7, 11) is 0. The standard InChI is InChI=1S/C16H21I/c1-5-13(6-2)14-8-10-15(11-9-14)16(4,7-3)12-17/h5-6,8-11H,1,7,12H2,2-4H3/b13-6+. The van der Waals surface area contributed by atoms with E-state index in [4.69, 9.17) is 0 Å². The van der Waals surface area contributed by atoms with E-state index in [1.165, 1.54) is 23.1 Å². The second kappa shape index (κ2) is 6.39. The molecule has 0 aliphatic rings. The lowest BCUT2D eigenvalue weighted by Crippen LogP contribution is -2.22. The first kappa shape index (κ1) is 14.5. The number of alkyl halides is 1. The Balaban J connectivity index is 3.07. The molecule has 0 radical (unpaired) electrons. The van der Waals surface area contributed by atoms with E-state index < -0.39 is 0 Å². The molecule has 1 rings (SSSR count). The molecule has 92 valence electrons. The van der Waals surface area contributed by atoms with Crippen molar-refractivity contribution < 1.29 is 0 Å². The lowest BCUT2D eigenvalue weighted by molar-refractivity contribution is 0.524. The topological polar surface area (TPSA) is 0 Å². The summed E-state index contributed by atoms with van der Waals surface area (Å²) in [5.41, 5.74) is 4.17. The van der Waals surface area contributed by atoms with E-state index >= 15 is 0 Å². The van der Waals surface area contributed by atoms with Gasteiger partial charge in [-0.2, -0.15) is 0 Å². The van der Waals surface area contributed by atoms with Crippen LogP contribution in [0.2, 0.25) is 0 Å². The molecule has 0 amide bonds. The molecule has 1 aromatic rings. The fraction of sp³-hybridized carbons (Fsp3) is 0.375. The summed E-state index contributed by atoms with van der Waals surface area (Å²) in [5.74, 6) is 0.